The first-order valence-electron chi connectivity index (χ1n) is 12.1. The zero-order valence-electron chi connectivity index (χ0n) is 21.4. The van der Waals surface area contributed by atoms with Crippen molar-refractivity contribution in [1.82, 2.24) is 30.6 Å². The van der Waals surface area contributed by atoms with Gasteiger partial charge in [-0.05, 0) is 49.9 Å². The Morgan fingerprint density at radius 3 is 1.68 bits per heavy atom. The molecule has 5 N–H and O–H groups in total. The van der Waals surface area contributed by atoms with Gasteiger partial charge in [-0.25, -0.2) is 9.97 Å². The molecule has 192 valence electrons. The van der Waals surface area contributed by atoms with Gasteiger partial charge < -0.3 is 25.7 Å². The largest absolute Gasteiger partial charge is 0.389 e. The van der Waals surface area contributed by atoms with E-state index in [1.165, 1.54) is 0 Å². The van der Waals surface area contributed by atoms with Gasteiger partial charge in [0.25, 0.3) is 0 Å². The molecule has 0 saturated carbocycles. The second-order valence-corrected chi connectivity index (χ2v) is 10.0. The third-order valence-electron chi connectivity index (χ3n) is 6.85. The van der Waals surface area contributed by atoms with Crippen molar-refractivity contribution in [3.8, 4) is 33.6 Å². The van der Waals surface area contributed by atoms with E-state index < -0.39 is 11.0 Å². The second kappa shape index (κ2) is 10.4. The number of aromatic nitrogens is 4. The van der Waals surface area contributed by atoms with Crippen LogP contribution in [-0.4, -0.2) is 43.0 Å². The molecule has 4 rings (SSSR count). The topological polar surface area (TPSA) is 136 Å². The van der Waals surface area contributed by atoms with Crippen LogP contribution >= 0.6 is 0 Å². The van der Waals surface area contributed by atoms with Crippen molar-refractivity contribution < 1.29 is 14.7 Å². The molecule has 0 spiro atoms. The maximum absolute atomic E-state index is 12.5. The number of carbonyl (C=O) groups is 2. The maximum Gasteiger partial charge on any atom is 0.228 e. The molecular formula is C28H32N6O3. The van der Waals surface area contributed by atoms with Crippen molar-refractivity contribution in [3.63, 3.8) is 0 Å². The van der Waals surface area contributed by atoms with E-state index in [1.807, 2.05) is 24.3 Å². The van der Waals surface area contributed by atoms with E-state index in [4.69, 9.17) is 0 Å². The van der Waals surface area contributed by atoms with Crippen molar-refractivity contribution in [1.29, 1.82) is 0 Å². The molecule has 9 nitrogen and oxygen atoms in total. The number of amides is 2. The fraction of sp³-hybridized carbons (Fsp3) is 0.286. The van der Waals surface area contributed by atoms with Crippen LogP contribution in [0.3, 0.4) is 0 Å². The minimum Gasteiger partial charge on any atom is -0.389 e. The van der Waals surface area contributed by atoms with Crippen LogP contribution < -0.4 is 10.6 Å². The SMILES string of the molecule is CC(C)(O)C(C)(C)C(=O)NCc1ncc(-c2ccc(-c3ccc(-c4cnc(CNC=O)[nH]4)cc3)cc2)[nH]1. The first-order valence-corrected chi connectivity index (χ1v) is 12.1. The van der Waals surface area contributed by atoms with Gasteiger partial charge in [0, 0.05) is 0 Å². The summed E-state index contributed by atoms with van der Waals surface area (Å²) in [6.07, 6.45) is 4.15. The Hall–Kier alpha value is -4.24. The molecule has 0 aliphatic rings. The molecule has 2 heterocycles. The van der Waals surface area contributed by atoms with Gasteiger partial charge >= 0.3 is 0 Å². The highest BCUT2D eigenvalue weighted by atomic mass is 16.3. The van der Waals surface area contributed by atoms with E-state index in [-0.39, 0.29) is 12.5 Å². The lowest BCUT2D eigenvalue weighted by molar-refractivity contribution is -0.142. The van der Waals surface area contributed by atoms with Crippen LogP contribution in [0.4, 0.5) is 0 Å². The molecule has 0 bridgehead atoms. The number of aliphatic hydroxyl groups is 1. The molecule has 2 aromatic heterocycles. The fourth-order valence-electron chi connectivity index (χ4n) is 3.68. The summed E-state index contributed by atoms with van der Waals surface area (Å²) in [5.41, 5.74) is 3.81. The lowest BCUT2D eigenvalue weighted by atomic mass is 9.76. The van der Waals surface area contributed by atoms with Gasteiger partial charge in [-0.15, -0.1) is 0 Å². The Kier molecular flexibility index (Phi) is 7.26. The number of rotatable bonds is 10. The molecule has 0 aliphatic heterocycles. The third-order valence-corrected chi connectivity index (χ3v) is 6.85. The van der Waals surface area contributed by atoms with Crippen molar-refractivity contribution in [3.05, 3.63) is 72.6 Å². The van der Waals surface area contributed by atoms with Gasteiger partial charge in [0.15, 0.2) is 0 Å². The number of hydrogen-bond acceptors (Lipinski definition) is 5. The van der Waals surface area contributed by atoms with Gasteiger partial charge in [-0.3, -0.25) is 9.59 Å². The van der Waals surface area contributed by atoms with E-state index in [1.54, 1.807) is 40.1 Å². The molecule has 9 heteroatoms. The van der Waals surface area contributed by atoms with Gasteiger partial charge in [0.1, 0.15) is 11.6 Å². The molecular weight excluding hydrogens is 468 g/mol. The lowest BCUT2D eigenvalue weighted by Crippen LogP contribution is -2.50. The average molecular weight is 501 g/mol. The number of nitrogens with zero attached hydrogens (tertiary/aromatic N) is 2. The number of nitrogens with one attached hydrogen (secondary N) is 4. The minimum absolute atomic E-state index is 0.240. The summed E-state index contributed by atoms with van der Waals surface area (Å²) < 4.78 is 0. The summed E-state index contributed by atoms with van der Waals surface area (Å²) in [6.45, 7) is 7.29. The summed E-state index contributed by atoms with van der Waals surface area (Å²) in [7, 11) is 0. The molecule has 2 aromatic carbocycles. The van der Waals surface area contributed by atoms with E-state index >= 15 is 0 Å². The van der Waals surface area contributed by atoms with Crippen LogP contribution in [0, 0.1) is 5.41 Å². The Morgan fingerprint density at radius 1 is 0.811 bits per heavy atom. The van der Waals surface area contributed by atoms with Crippen molar-refractivity contribution in [2.45, 2.75) is 46.4 Å². The first-order chi connectivity index (χ1) is 17.6. The highest BCUT2D eigenvalue weighted by Gasteiger charge is 2.41. The predicted octanol–water partition coefficient (Wildman–Crippen LogP) is 3.79. The Morgan fingerprint density at radius 2 is 1.24 bits per heavy atom. The number of benzene rings is 2. The van der Waals surface area contributed by atoms with Gasteiger partial charge in [-0.1, -0.05) is 48.5 Å². The minimum atomic E-state index is -1.15. The Balaban J connectivity index is 1.39. The molecule has 37 heavy (non-hydrogen) atoms. The van der Waals surface area contributed by atoms with Crippen LogP contribution in [0.1, 0.15) is 39.3 Å². The molecule has 0 saturated heterocycles. The molecule has 0 fully saturated rings. The summed E-state index contributed by atoms with van der Waals surface area (Å²) in [4.78, 5) is 38.1. The maximum atomic E-state index is 12.5. The van der Waals surface area contributed by atoms with Crippen LogP contribution in [0.5, 0.6) is 0 Å². The molecule has 0 radical (unpaired) electrons. The highest BCUT2D eigenvalue weighted by Crippen LogP contribution is 2.30. The normalized spacial score (nSPS) is 11.8. The van der Waals surface area contributed by atoms with Crippen LogP contribution in [-0.2, 0) is 22.7 Å². The quantitative estimate of drug-likeness (QED) is 0.211. The van der Waals surface area contributed by atoms with E-state index in [2.05, 4.69) is 54.8 Å². The van der Waals surface area contributed by atoms with Gasteiger partial charge in [-0.2, -0.15) is 0 Å². The average Bonchev–Trinajstić information content (AvgIpc) is 3.55. The molecule has 0 aliphatic carbocycles. The Bertz CT molecular complexity index is 1360. The fourth-order valence-corrected chi connectivity index (χ4v) is 3.68. The van der Waals surface area contributed by atoms with Crippen molar-refractivity contribution in [2.75, 3.05) is 0 Å². The van der Waals surface area contributed by atoms with E-state index in [9.17, 15) is 14.7 Å². The van der Waals surface area contributed by atoms with Gasteiger partial charge in [0.05, 0.1) is 47.9 Å². The third kappa shape index (κ3) is 5.78. The van der Waals surface area contributed by atoms with E-state index in [0.717, 1.165) is 33.6 Å². The van der Waals surface area contributed by atoms with Crippen molar-refractivity contribution >= 4 is 12.3 Å². The summed E-state index contributed by atoms with van der Waals surface area (Å²) >= 11 is 0. The molecule has 0 atom stereocenters. The second-order valence-electron chi connectivity index (χ2n) is 10.0. The molecule has 4 aromatic rings. The number of H-pyrrole nitrogens is 2. The lowest BCUT2D eigenvalue weighted by Gasteiger charge is -2.35. The zero-order chi connectivity index (χ0) is 26.6. The van der Waals surface area contributed by atoms with Crippen LogP contribution in [0.15, 0.2) is 60.9 Å². The standard InChI is InChI=1S/C28H32N6O3/c1-27(2,28(3,4)37)26(36)32-16-25-31-14-23(34-25)21-11-7-19(8-12-21)18-5-9-20(10-6-18)22-13-30-24(33-22)15-29-17-35/h5-14,17,37H,15-16H2,1-4H3,(H,29,35)(H,30,33)(H,31,34)(H,32,36). The summed E-state index contributed by atoms with van der Waals surface area (Å²) in [5, 5.41) is 15.7. The number of carbonyl (C=O) groups excluding carboxylic acids is 2. The summed E-state index contributed by atoms with van der Waals surface area (Å²) in [5.74, 6) is 1.10. The number of hydrogen-bond donors (Lipinski definition) is 5. The monoisotopic (exact) mass is 500 g/mol. The van der Waals surface area contributed by atoms with Crippen LogP contribution in [0.25, 0.3) is 33.6 Å². The highest BCUT2D eigenvalue weighted by molar-refractivity contribution is 5.83. The van der Waals surface area contributed by atoms with E-state index in [0.29, 0.717) is 24.6 Å². The predicted molar refractivity (Wildman–Crippen MR) is 142 cm³/mol. The number of imidazole rings is 2. The smallest absolute Gasteiger partial charge is 0.228 e. The molecule has 0 unspecified atom stereocenters. The zero-order valence-corrected chi connectivity index (χ0v) is 21.4. The van der Waals surface area contributed by atoms with Gasteiger partial charge in [0.2, 0.25) is 12.3 Å². The molecule has 2 amide bonds. The first kappa shape index (κ1) is 25.8. The number of aromatic amines is 2. The van der Waals surface area contributed by atoms with Crippen molar-refractivity contribution in [2.24, 2.45) is 5.41 Å². The summed E-state index contributed by atoms with van der Waals surface area (Å²) in [6, 6.07) is 16.3. The van der Waals surface area contributed by atoms with Crippen LogP contribution in [0.2, 0.25) is 0 Å². The Labute approximate surface area is 215 Å².